The minimum absolute atomic E-state index is 0.0237. The van der Waals surface area contributed by atoms with E-state index in [0.29, 0.717) is 19.5 Å². The summed E-state index contributed by atoms with van der Waals surface area (Å²) < 4.78 is 10.6. The summed E-state index contributed by atoms with van der Waals surface area (Å²) in [5.41, 5.74) is 0. The fourth-order valence-electron chi connectivity index (χ4n) is 4.27. The second kappa shape index (κ2) is 6.70. The van der Waals surface area contributed by atoms with Gasteiger partial charge in [-0.25, -0.2) is 4.79 Å². The van der Waals surface area contributed by atoms with Crippen LogP contribution in [0.15, 0.2) is 0 Å². The first-order valence-electron chi connectivity index (χ1n) is 8.79. The van der Waals surface area contributed by atoms with E-state index >= 15 is 0 Å². The Labute approximate surface area is 142 Å². The zero-order valence-corrected chi connectivity index (χ0v) is 14.6. The molecule has 0 aromatic rings. The van der Waals surface area contributed by atoms with Gasteiger partial charge in [0, 0.05) is 32.0 Å². The zero-order valence-electron chi connectivity index (χ0n) is 14.6. The van der Waals surface area contributed by atoms with Gasteiger partial charge in [0.2, 0.25) is 11.8 Å². The molecule has 134 valence electrons. The minimum Gasteiger partial charge on any atom is -0.467 e. The average molecular weight is 338 g/mol. The fourth-order valence-corrected chi connectivity index (χ4v) is 4.27. The van der Waals surface area contributed by atoms with E-state index in [1.807, 2.05) is 18.7 Å². The number of rotatable bonds is 3. The number of likely N-dealkylation sites (tertiary alicyclic amines) is 2. The van der Waals surface area contributed by atoms with Crippen molar-refractivity contribution in [3.8, 4) is 0 Å². The lowest BCUT2D eigenvalue weighted by molar-refractivity contribution is -0.154. The van der Waals surface area contributed by atoms with Crippen molar-refractivity contribution in [2.24, 2.45) is 5.92 Å². The molecule has 0 bridgehead atoms. The third-order valence-corrected chi connectivity index (χ3v) is 5.59. The summed E-state index contributed by atoms with van der Waals surface area (Å²) in [5, 5.41) is 0. The van der Waals surface area contributed by atoms with Gasteiger partial charge in [-0.3, -0.25) is 9.59 Å². The smallest absolute Gasteiger partial charge is 0.335 e. The summed E-state index contributed by atoms with van der Waals surface area (Å²) in [6.07, 6.45) is 1.74. The molecule has 0 aromatic heterocycles. The van der Waals surface area contributed by atoms with Gasteiger partial charge < -0.3 is 19.3 Å². The molecule has 3 rings (SSSR count). The maximum atomic E-state index is 13.1. The Morgan fingerprint density at radius 1 is 1.33 bits per heavy atom. The lowest BCUT2D eigenvalue weighted by atomic mass is 9.90. The highest BCUT2D eigenvalue weighted by Gasteiger charge is 2.49. The number of fused-ring (bicyclic) bond motifs is 1. The van der Waals surface area contributed by atoms with Gasteiger partial charge in [-0.1, -0.05) is 0 Å². The Bertz CT molecular complexity index is 537. The summed E-state index contributed by atoms with van der Waals surface area (Å²) in [6.45, 7) is 5.10. The van der Waals surface area contributed by atoms with Crippen LogP contribution in [0.5, 0.6) is 0 Å². The van der Waals surface area contributed by atoms with Crippen LogP contribution < -0.4 is 0 Å². The molecule has 24 heavy (non-hydrogen) atoms. The molecule has 0 saturated carbocycles. The van der Waals surface area contributed by atoms with Gasteiger partial charge in [0.25, 0.3) is 0 Å². The van der Waals surface area contributed by atoms with E-state index in [1.165, 1.54) is 7.11 Å². The monoisotopic (exact) mass is 338 g/mol. The maximum absolute atomic E-state index is 13.1. The van der Waals surface area contributed by atoms with Gasteiger partial charge in [-0.05, 0) is 26.7 Å². The van der Waals surface area contributed by atoms with Crippen molar-refractivity contribution in [3.05, 3.63) is 0 Å². The number of amides is 2. The Kier molecular flexibility index (Phi) is 4.80. The van der Waals surface area contributed by atoms with Gasteiger partial charge in [0.05, 0.1) is 25.2 Å². The standard InChI is InChI=1S/C17H26N2O5/c1-4-18-9-11(7-15(18)20)16(21)19-10(2)5-6-13-12(19)8-14(24-13)17(22)23-3/h10-14H,4-9H2,1-3H3/t10-,11-,12-,13+,14-/m1/s1. The summed E-state index contributed by atoms with van der Waals surface area (Å²) in [7, 11) is 1.35. The first-order valence-corrected chi connectivity index (χ1v) is 8.79. The largest absolute Gasteiger partial charge is 0.467 e. The Balaban J connectivity index is 1.74. The Morgan fingerprint density at radius 2 is 2.08 bits per heavy atom. The number of methoxy groups -OCH3 is 1. The molecule has 7 heteroatoms. The van der Waals surface area contributed by atoms with Crippen LogP contribution in [-0.4, -0.2) is 72.1 Å². The van der Waals surface area contributed by atoms with Crippen LogP contribution >= 0.6 is 0 Å². The predicted octanol–water partition coefficient (Wildman–Crippen LogP) is 0.565. The molecule has 5 atom stereocenters. The van der Waals surface area contributed by atoms with E-state index in [-0.39, 0.29) is 48.3 Å². The van der Waals surface area contributed by atoms with Crippen LogP contribution in [0.25, 0.3) is 0 Å². The highest BCUT2D eigenvalue weighted by molar-refractivity contribution is 5.89. The van der Waals surface area contributed by atoms with Crippen LogP contribution in [0.3, 0.4) is 0 Å². The number of piperidine rings is 1. The minimum atomic E-state index is -0.594. The van der Waals surface area contributed by atoms with Crippen molar-refractivity contribution in [2.75, 3.05) is 20.2 Å². The zero-order chi connectivity index (χ0) is 17.4. The number of ether oxygens (including phenoxy) is 2. The van der Waals surface area contributed by atoms with Crippen molar-refractivity contribution in [1.29, 1.82) is 0 Å². The van der Waals surface area contributed by atoms with Gasteiger partial charge in [0.15, 0.2) is 6.10 Å². The average Bonchev–Trinajstić information content (AvgIpc) is 3.16. The molecule has 3 fully saturated rings. The molecule has 7 nitrogen and oxygen atoms in total. The fraction of sp³-hybridized carbons (Fsp3) is 0.824. The molecule has 3 aliphatic heterocycles. The quantitative estimate of drug-likeness (QED) is 0.703. The van der Waals surface area contributed by atoms with E-state index in [1.54, 1.807) is 4.90 Å². The Morgan fingerprint density at radius 3 is 2.71 bits per heavy atom. The number of hydrogen-bond donors (Lipinski definition) is 0. The van der Waals surface area contributed by atoms with Gasteiger partial charge in [0.1, 0.15) is 0 Å². The second-order valence-corrected chi connectivity index (χ2v) is 6.99. The van der Waals surface area contributed by atoms with E-state index in [9.17, 15) is 14.4 Å². The van der Waals surface area contributed by atoms with Crippen LogP contribution in [0, 0.1) is 5.92 Å². The summed E-state index contributed by atoms with van der Waals surface area (Å²) in [4.78, 5) is 40.5. The second-order valence-electron chi connectivity index (χ2n) is 6.99. The van der Waals surface area contributed by atoms with Crippen LogP contribution in [-0.2, 0) is 23.9 Å². The topological polar surface area (TPSA) is 76.2 Å². The SMILES string of the molecule is CCN1C[C@H](C(=O)N2[C@H](C)CC[C@@H]3O[C@@H](C(=O)OC)C[C@H]32)CC1=O. The molecule has 3 saturated heterocycles. The number of carbonyl (C=O) groups excluding carboxylic acids is 3. The van der Waals surface area contributed by atoms with E-state index in [2.05, 4.69) is 0 Å². The lowest BCUT2D eigenvalue weighted by Gasteiger charge is -2.42. The number of carbonyl (C=O) groups is 3. The number of hydrogen-bond acceptors (Lipinski definition) is 5. The van der Waals surface area contributed by atoms with Crippen molar-refractivity contribution < 1.29 is 23.9 Å². The van der Waals surface area contributed by atoms with Gasteiger partial charge in [-0.15, -0.1) is 0 Å². The molecule has 2 amide bonds. The highest BCUT2D eigenvalue weighted by Crippen LogP contribution is 2.37. The van der Waals surface area contributed by atoms with Gasteiger partial charge >= 0.3 is 5.97 Å². The lowest BCUT2D eigenvalue weighted by Crippen LogP contribution is -2.55. The Hall–Kier alpha value is -1.63. The van der Waals surface area contributed by atoms with Gasteiger partial charge in [-0.2, -0.15) is 0 Å². The molecular weight excluding hydrogens is 312 g/mol. The molecule has 0 unspecified atom stereocenters. The third kappa shape index (κ3) is 2.90. The van der Waals surface area contributed by atoms with Crippen molar-refractivity contribution >= 4 is 17.8 Å². The highest BCUT2D eigenvalue weighted by atomic mass is 16.6. The molecule has 0 aromatic carbocycles. The first kappa shape index (κ1) is 17.2. The number of nitrogens with zero attached hydrogens (tertiary/aromatic N) is 2. The summed E-state index contributed by atoms with van der Waals surface area (Å²) >= 11 is 0. The maximum Gasteiger partial charge on any atom is 0.335 e. The molecule has 0 spiro atoms. The van der Waals surface area contributed by atoms with E-state index in [0.717, 1.165) is 12.8 Å². The van der Waals surface area contributed by atoms with Crippen molar-refractivity contribution in [3.63, 3.8) is 0 Å². The summed E-state index contributed by atoms with van der Waals surface area (Å²) in [6, 6.07) is 0.000606. The molecule has 3 heterocycles. The van der Waals surface area contributed by atoms with E-state index < -0.39 is 6.10 Å². The molecule has 0 radical (unpaired) electrons. The normalized spacial score (nSPS) is 36.0. The molecule has 0 aliphatic carbocycles. The van der Waals surface area contributed by atoms with Crippen molar-refractivity contribution in [2.45, 2.75) is 63.8 Å². The molecule has 3 aliphatic rings. The predicted molar refractivity (Wildman–Crippen MR) is 85.0 cm³/mol. The van der Waals surface area contributed by atoms with Crippen LogP contribution in [0.2, 0.25) is 0 Å². The first-order chi connectivity index (χ1) is 11.5. The number of esters is 1. The summed E-state index contributed by atoms with van der Waals surface area (Å²) in [5.74, 6) is -0.587. The van der Waals surface area contributed by atoms with Crippen molar-refractivity contribution in [1.82, 2.24) is 9.80 Å². The van der Waals surface area contributed by atoms with E-state index in [4.69, 9.17) is 9.47 Å². The van der Waals surface area contributed by atoms with Crippen LogP contribution in [0.4, 0.5) is 0 Å². The molecular formula is C17H26N2O5. The third-order valence-electron chi connectivity index (χ3n) is 5.59. The van der Waals surface area contributed by atoms with Crippen LogP contribution in [0.1, 0.15) is 39.5 Å². The molecule has 0 N–H and O–H groups in total.